The molecule has 0 saturated carbocycles. The van der Waals surface area contributed by atoms with Crippen molar-refractivity contribution in [2.75, 3.05) is 11.5 Å². The van der Waals surface area contributed by atoms with Crippen molar-refractivity contribution >= 4 is 44.5 Å². The maximum Gasteiger partial charge on any atom is 0.338 e. The van der Waals surface area contributed by atoms with Crippen LogP contribution in [0.5, 0.6) is 0 Å². The van der Waals surface area contributed by atoms with Crippen LogP contribution in [0.4, 0.5) is 10.1 Å². The summed E-state index contributed by atoms with van der Waals surface area (Å²) in [5, 5.41) is 0.0654. The van der Waals surface area contributed by atoms with Gasteiger partial charge in [0, 0.05) is 10.2 Å². The fourth-order valence-electron chi connectivity index (χ4n) is 4.32. The topological polar surface area (TPSA) is 76.8 Å². The Morgan fingerprint density at radius 3 is 2.47 bits per heavy atom. The molecule has 4 aromatic rings. The Hall–Kier alpha value is -3.78. The number of carbonyl (C=O) groups is 2. The number of hydrogen-bond donors (Lipinski definition) is 0. The monoisotopic (exact) mass is 549 g/mol. The molecule has 0 fully saturated rings. The molecule has 6 nitrogen and oxygen atoms in total. The number of benzene rings is 3. The zero-order valence-corrected chi connectivity index (χ0v) is 20.9. The molecule has 0 radical (unpaired) electrons. The van der Waals surface area contributed by atoms with Gasteiger partial charge in [-0.15, -0.1) is 0 Å². The summed E-state index contributed by atoms with van der Waals surface area (Å²) in [6, 6.07) is 16.5. The lowest BCUT2D eigenvalue weighted by Gasteiger charge is -2.25. The molecule has 8 heteroatoms. The molecule has 0 spiro atoms. The fraction of sp³-hybridized carbons (Fsp3) is 0.179. The first-order chi connectivity index (χ1) is 17.4. The number of fused-ring (bicyclic) bond motifs is 2. The molecule has 2 heterocycles. The number of ether oxygens (including phenoxy) is 1. The van der Waals surface area contributed by atoms with Gasteiger partial charge in [-0.3, -0.25) is 14.5 Å². The van der Waals surface area contributed by atoms with Crippen molar-refractivity contribution in [2.45, 2.75) is 25.8 Å². The highest BCUT2D eigenvalue weighted by atomic mass is 79.9. The van der Waals surface area contributed by atoms with Gasteiger partial charge in [-0.05, 0) is 66.6 Å². The molecule has 1 aliphatic heterocycles. The first-order valence-corrected chi connectivity index (χ1v) is 12.3. The van der Waals surface area contributed by atoms with Crippen molar-refractivity contribution in [1.82, 2.24) is 0 Å². The molecular formula is C28H21BrFNO5. The molecule has 0 N–H and O–H groups in total. The van der Waals surface area contributed by atoms with Crippen LogP contribution in [0.15, 0.2) is 80.4 Å². The minimum atomic E-state index is -0.799. The third kappa shape index (κ3) is 4.22. The lowest BCUT2D eigenvalue weighted by Crippen LogP contribution is -2.29. The van der Waals surface area contributed by atoms with Crippen LogP contribution in [0, 0.1) is 5.82 Å². The van der Waals surface area contributed by atoms with Gasteiger partial charge in [-0.25, -0.2) is 9.18 Å². The first-order valence-electron chi connectivity index (χ1n) is 11.5. The van der Waals surface area contributed by atoms with Gasteiger partial charge in [0.25, 0.3) is 5.91 Å². The average Bonchev–Trinajstić information content (AvgIpc) is 3.17. The van der Waals surface area contributed by atoms with E-state index in [-0.39, 0.29) is 22.3 Å². The number of carbonyl (C=O) groups excluding carboxylic acids is 2. The number of halogens is 2. The maximum absolute atomic E-state index is 14.0. The average molecular weight is 550 g/mol. The van der Waals surface area contributed by atoms with E-state index < -0.39 is 29.2 Å². The number of anilines is 1. The van der Waals surface area contributed by atoms with Crippen LogP contribution in [-0.2, 0) is 4.74 Å². The Balaban J connectivity index is 1.62. The van der Waals surface area contributed by atoms with Gasteiger partial charge in [0.05, 0.1) is 29.2 Å². The number of amides is 1. The summed E-state index contributed by atoms with van der Waals surface area (Å²) in [7, 11) is 0. The predicted octanol–water partition coefficient (Wildman–Crippen LogP) is 6.40. The van der Waals surface area contributed by atoms with Gasteiger partial charge in [0.2, 0.25) is 5.76 Å². The highest BCUT2D eigenvalue weighted by Gasteiger charge is 2.43. The van der Waals surface area contributed by atoms with E-state index in [9.17, 15) is 18.8 Å². The zero-order chi connectivity index (χ0) is 25.4. The van der Waals surface area contributed by atoms with Gasteiger partial charge in [0.15, 0.2) is 5.43 Å². The molecule has 36 heavy (non-hydrogen) atoms. The first kappa shape index (κ1) is 23.9. The van der Waals surface area contributed by atoms with E-state index >= 15 is 0 Å². The van der Waals surface area contributed by atoms with E-state index in [1.807, 2.05) is 19.1 Å². The van der Waals surface area contributed by atoms with Gasteiger partial charge in [-0.1, -0.05) is 41.4 Å². The van der Waals surface area contributed by atoms with Crippen LogP contribution in [0.2, 0.25) is 0 Å². The molecule has 1 aromatic heterocycles. The zero-order valence-electron chi connectivity index (χ0n) is 19.3. The van der Waals surface area contributed by atoms with Gasteiger partial charge in [0.1, 0.15) is 11.4 Å². The fourth-order valence-corrected chi connectivity index (χ4v) is 4.59. The van der Waals surface area contributed by atoms with Crippen molar-refractivity contribution in [3.05, 3.63) is 110 Å². The number of rotatable bonds is 6. The van der Waals surface area contributed by atoms with Crippen LogP contribution in [0.3, 0.4) is 0 Å². The van der Waals surface area contributed by atoms with Crippen LogP contribution in [0.1, 0.15) is 57.8 Å². The number of esters is 1. The smallest absolute Gasteiger partial charge is 0.338 e. The Morgan fingerprint density at radius 2 is 1.78 bits per heavy atom. The largest absolute Gasteiger partial charge is 0.462 e. The van der Waals surface area contributed by atoms with Crippen molar-refractivity contribution in [2.24, 2.45) is 0 Å². The molecule has 1 unspecified atom stereocenters. The molecule has 0 saturated heterocycles. The number of unbranched alkanes of at least 4 members (excludes halogenated alkanes) is 1. The maximum atomic E-state index is 14.0. The van der Waals surface area contributed by atoms with E-state index in [1.54, 1.807) is 36.4 Å². The second-order valence-electron chi connectivity index (χ2n) is 8.48. The second kappa shape index (κ2) is 9.70. The van der Waals surface area contributed by atoms with Crippen LogP contribution in [-0.4, -0.2) is 18.5 Å². The Kier molecular flexibility index (Phi) is 6.45. The second-order valence-corrected chi connectivity index (χ2v) is 9.40. The Bertz CT molecular complexity index is 1530. The highest BCUT2D eigenvalue weighted by molar-refractivity contribution is 9.10. The van der Waals surface area contributed by atoms with Gasteiger partial charge < -0.3 is 9.15 Å². The van der Waals surface area contributed by atoms with E-state index in [4.69, 9.17) is 9.15 Å². The van der Waals surface area contributed by atoms with Crippen molar-refractivity contribution in [1.29, 1.82) is 0 Å². The summed E-state index contributed by atoms with van der Waals surface area (Å²) in [5.74, 6) is -1.60. The molecular weight excluding hydrogens is 529 g/mol. The molecule has 182 valence electrons. The highest BCUT2D eigenvalue weighted by Crippen LogP contribution is 2.41. The van der Waals surface area contributed by atoms with E-state index in [2.05, 4.69) is 15.9 Å². The third-order valence-electron chi connectivity index (χ3n) is 6.13. The standard InChI is InChI=1S/C28H21BrFNO5/c1-2-3-14-35-28(34)17-6-11-20(12-7-17)31-24(16-4-8-18(29)9-5-16)23-25(32)21-15-19(30)10-13-22(21)36-26(23)27(31)33/h4-13,15,24H,2-3,14H2,1H3. The lowest BCUT2D eigenvalue weighted by atomic mass is 9.98. The Morgan fingerprint density at radius 1 is 1.06 bits per heavy atom. The molecule has 1 atom stereocenters. The van der Waals surface area contributed by atoms with E-state index in [1.165, 1.54) is 17.0 Å². The summed E-state index contributed by atoms with van der Waals surface area (Å²) in [6.07, 6.45) is 1.69. The third-order valence-corrected chi connectivity index (χ3v) is 6.66. The molecule has 0 bridgehead atoms. The van der Waals surface area contributed by atoms with Crippen molar-refractivity contribution in [3.63, 3.8) is 0 Å². The van der Waals surface area contributed by atoms with Crippen LogP contribution < -0.4 is 10.3 Å². The van der Waals surface area contributed by atoms with Gasteiger partial charge in [-0.2, -0.15) is 0 Å². The Labute approximate surface area is 214 Å². The van der Waals surface area contributed by atoms with Crippen LogP contribution >= 0.6 is 15.9 Å². The number of nitrogens with zero attached hydrogens (tertiary/aromatic N) is 1. The van der Waals surface area contributed by atoms with Crippen molar-refractivity contribution in [3.8, 4) is 0 Å². The molecule has 1 amide bonds. The van der Waals surface area contributed by atoms with E-state index in [0.717, 1.165) is 23.4 Å². The molecule has 3 aromatic carbocycles. The number of hydrogen-bond acceptors (Lipinski definition) is 5. The lowest BCUT2D eigenvalue weighted by molar-refractivity contribution is 0.0499. The van der Waals surface area contributed by atoms with Crippen molar-refractivity contribution < 1.29 is 23.1 Å². The molecule has 0 aliphatic carbocycles. The summed E-state index contributed by atoms with van der Waals surface area (Å²) in [5.41, 5.74) is 1.31. The summed E-state index contributed by atoms with van der Waals surface area (Å²) < 4.78 is 25.9. The summed E-state index contributed by atoms with van der Waals surface area (Å²) in [6.45, 7) is 2.35. The minimum Gasteiger partial charge on any atom is -0.462 e. The normalized spacial score (nSPS) is 14.8. The molecule has 5 rings (SSSR count). The quantitative estimate of drug-likeness (QED) is 0.205. The van der Waals surface area contributed by atoms with Crippen LogP contribution in [0.25, 0.3) is 11.0 Å². The molecule has 1 aliphatic rings. The van der Waals surface area contributed by atoms with E-state index in [0.29, 0.717) is 23.4 Å². The summed E-state index contributed by atoms with van der Waals surface area (Å²) in [4.78, 5) is 40.9. The predicted molar refractivity (Wildman–Crippen MR) is 137 cm³/mol. The SMILES string of the molecule is CCCCOC(=O)c1ccc(N2C(=O)c3oc4ccc(F)cc4c(=O)c3C2c2ccc(Br)cc2)cc1. The summed E-state index contributed by atoms with van der Waals surface area (Å²) >= 11 is 3.41. The minimum absolute atomic E-state index is 0.0654. The van der Waals surface area contributed by atoms with Gasteiger partial charge >= 0.3 is 5.97 Å².